The van der Waals surface area contributed by atoms with Crippen molar-refractivity contribution in [3.05, 3.63) is 88.8 Å². The Kier molecular flexibility index (Phi) is 7.57. The summed E-state index contributed by atoms with van der Waals surface area (Å²) in [4.78, 5) is 19.3. The molecule has 0 aliphatic carbocycles. The summed E-state index contributed by atoms with van der Waals surface area (Å²) in [6.45, 7) is 4.87. The first-order valence-electron chi connectivity index (χ1n) is 11.2. The summed E-state index contributed by atoms with van der Waals surface area (Å²) < 4.78 is 13.6. The fourth-order valence-corrected chi connectivity index (χ4v) is 4.36. The minimum Gasteiger partial charge on any atom is -0.384 e. The third-order valence-corrected chi connectivity index (χ3v) is 6.47. The van der Waals surface area contributed by atoms with Crippen LogP contribution in [0.5, 0.6) is 0 Å². The van der Waals surface area contributed by atoms with E-state index in [4.69, 9.17) is 11.6 Å². The van der Waals surface area contributed by atoms with Crippen LogP contribution >= 0.6 is 11.6 Å². The number of benzene rings is 2. The summed E-state index contributed by atoms with van der Waals surface area (Å²) in [6, 6.07) is 17.9. The van der Waals surface area contributed by atoms with Crippen molar-refractivity contribution in [3.63, 3.8) is 0 Å². The predicted molar refractivity (Wildman–Crippen MR) is 131 cm³/mol. The lowest BCUT2D eigenvalue weighted by molar-refractivity contribution is 0.102. The van der Waals surface area contributed by atoms with Gasteiger partial charge in [-0.15, -0.1) is 0 Å². The molecule has 33 heavy (non-hydrogen) atoms. The van der Waals surface area contributed by atoms with Gasteiger partial charge in [-0.2, -0.15) is 0 Å². The number of pyridine rings is 1. The van der Waals surface area contributed by atoms with Gasteiger partial charge in [0.2, 0.25) is 0 Å². The van der Waals surface area contributed by atoms with Crippen molar-refractivity contribution in [1.82, 2.24) is 9.88 Å². The summed E-state index contributed by atoms with van der Waals surface area (Å²) in [7, 11) is 0. The number of nitrogens with one attached hydrogen (secondary N) is 2. The lowest BCUT2D eigenvalue weighted by Gasteiger charge is -2.36. The average molecular weight is 467 g/mol. The number of carbonyl (C=O) groups excluding carboxylic acids is 1. The summed E-state index contributed by atoms with van der Waals surface area (Å²) >= 11 is 5.87. The Morgan fingerprint density at radius 1 is 1.15 bits per heavy atom. The molecule has 0 radical (unpaired) electrons. The smallest absolute Gasteiger partial charge is 0.258 e. The van der Waals surface area contributed by atoms with Crippen LogP contribution in [0, 0.1) is 11.7 Å². The maximum atomic E-state index is 13.6. The van der Waals surface area contributed by atoms with Crippen LogP contribution in [0.2, 0.25) is 5.02 Å². The first-order chi connectivity index (χ1) is 16.0. The number of aromatic nitrogens is 1. The van der Waals surface area contributed by atoms with E-state index in [1.165, 1.54) is 12.3 Å². The van der Waals surface area contributed by atoms with E-state index in [1.807, 2.05) is 24.3 Å². The van der Waals surface area contributed by atoms with Crippen LogP contribution in [-0.2, 0) is 0 Å². The molecule has 2 N–H and O–H groups in total. The van der Waals surface area contributed by atoms with E-state index < -0.39 is 0 Å². The SMILES string of the molecule is CC(c1cccc(F)c1)N1CCC(CNc2ccccc2C(=O)Nc2ccc(Cl)cn2)CC1. The second-order valence-corrected chi connectivity index (χ2v) is 8.89. The second kappa shape index (κ2) is 10.8. The third-order valence-electron chi connectivity index (χ3n) is 6.25. The van der Waals surface area contributed by atoms with Gasteiger partial charge < -0.3 is 10.6 Å². The highest BCUT2D eigenvalue weighted by molar-refractivity contribution is 6.30. The molecule has 1 fully saturated rings. The van der Waals surface area contributed by atoms with Crippen LogP contribution in [-0.4, -0.2) is 35.4 Å². The maximum Gasteiger partial charge on any atom is 0.258 e. The molecule has 0 spiro atoms. The average Bonchev–Trinajstić information content (AvgIpc) is 2.84. The van der Waals surface area contributed by atoms with Crippen molar-refractivity contribution < 1.29 is 9.18 Å². The zero-order chi connectivity index (χ0) is 23.2. The number of piperidine rings is 1. The van der Waals surface area contributed by atoms with Crippen molar-refractivity contribution in [2.45, 2.75) is 25.8 Å². The normalized spacial score (nSPS) is 15.7. The first kappa shape index (κ1) is 23.2. The molecule has 1 saturated heterocycles. The Labute approximate surface area is 199 Å². The fraction of sp³-hybridized carbons (Fsp3) is 0.308. The lowest BCUT2D eigenvalue weighted by Crippen LogP contribution is -2.37. The van der Waals surface area contributed by atoms with Crippen molar-refractivity contribution in [3.8, 4) is 0 Å². The molecule has 0 bridgehead atoms. The maximum absolute atomic E-state index is 13.6. The van der Waals surface area contributed by atoms with Gasteiger partial charge in [-0.1, -0.05) is 35.9 Å². The number of carbonyl (C=O) groups is 1. The van der Waals surface area contributed by atoms with Crippen LogP contribution in [0.4, 0.5) is 15.9 Å². The van der Waals surface area contributed by atoms with Crippen LogP contribution in [0.15, 0.2) is 66.9 Å². The molecule has 5 nitrogen and oxygen atoms in total. The van der Waals surface area contributed by atoms with E-state index in [1.54, 1.807) is 30.3 Å². The predicted octanol–water partition coefficient (Wildman–Crippen LogP) is 6.01. The molecular formula is C26H28ClFN4O. The molecule has 1 aliphatic rings. The van der Waals surface area contributed by atoms with Gasteiger partial charge in [-0.05, 0) is 80.7 Å². The third kappa shape index (κ3) is 6.09. The largest absolute Gasteiger partial charge is 0.384 e. The van der Waals surface area contributed by atoms with Gasteiger partial charge in [-0.25, -0.2) is 9.37 Å². The van der Waals surface area contributed by atoms with Crippen LogP contribution in [0.1, 0.15) is 41.7 Å². The number of amides is 1. The second-order valence-electron chi connectivity index (χ2n) is 8.45. The van der Waals surface area contributed by atoms with Crippen molar-refractivity contribution in [2.75, 3.05) is 30.3 Å². The van der Waals surface area contributed by atoms with Gasteiger partial charge in [0.05, 0.1) is 10.6 Å². The number of nitrogens with zero attached hydrogens (tertiary/aromatic N) is 2. The molecule has 1 atom stereocenters. The number of para-hydroxylation sites is 1. The number of anilines is 2. The Hall–Kier alpha value is -2.96. The van der Waals surface area contributed by atoms with Gasteiger partial charge in [-0.3, -0.25) is 9.69 Å². The van der Waals surface area contributed by atoms with Gasteiger partial charge >= 0.3 is 0 Å². The monoisotopic (exact) mass is 466 g/mol. The summed E-state index contributed by atoms with van der Waals surface area (Å²) in [5.74, 6) is 0.564. The van der Waals surface area contributed by atoms with Gasteiger partial charge in [0, 0.05) is 24.5 Å². The zero-order valence-electron chi connectivity index (χ0n) is 18.6. The number of likely N-dealkylation sites (tertiary alicyclic amines) is 1. The minimum absolute atomic E-state index is 0.187. The number of hydrogen-bond acceptors (Lipinski definition) is 4. The number of hydrogen-bond donors (Lipinski definition) is 2. The van der Waals surface area contributed by atoms with E-state index in [-0.39, 0.29) is 17.8 Å². The van der Waals surface area contributed by atoms with E-state index >= 15 is 0 Å². The fourth-order valence-electron chi connectivity index (χ4n) is 4.24. The molecule has 3 aromatic rings. The van der Waals surface area contributed by atoms with Gasteiger partial charge in [0.1, 0.15) is 11.6 Å². The highest BCUT2D eigenvalue weighted by Gasteiger charge is 2.24. The molecule has 1 aromatic heterocycles. The van der Waals surface area contributed by atoms with Crippen molar-refractivity contribution in [1.29, 1.82) is 0 Å². The highest BCUT2D eigenvalue weighted by atomic mass is 35.5. The lowest BCUT2D eigenvalue weighted by atomic mass is 9.94. The van der Waals surface area contributed by atoms with Crippen molar-refractivity contribution in [2.24, 2.45) is 5.92 Å². The van der Waals surface area contributed by atoms with Crippen molar-refractivity contribution >= 4 is 29.0 Å². The highest BCUT2D eigenvalue weighted by Crippen LogP contribution is 2.27. The Morgan fingerprint density at radius 3 is 2.67 bits per heavy atom. The van der Waals surface area contributed by atoms with E-state index in [0.29, 0.717) is 22.3 Å². The van der Waals surface area contributed by atoms with E-state index in [2.05, 4.69) is 27.4 Å². The Morgan fingerprint density at radius 2 is 1.94 bits per heavy atom. The molecule has 2 heterocycles. The molecule has 7 heteroatoms. The van der Waals surface area contributed by atoms with Crippen LogP contribution < -0.4 is 10.6 Å². The molecule has 4 rings (SSSR count). The Bertz CT molecular complexity index is 1080. The van der Waals surface area contributed by atoms with Crippen LogP contribution in [0.3, 0.4) is 0 Å². The summed E-state index contributed by atoms with van der Waals surface area (Å²) in [5.41, 5.74) is 2.40. The quantitative estimate of drug-likeness (QED) is 0.447. The van der Waals surface area contributed by atoms with E-state index in [9.17, 15) is 9.18 Å². The Balaban J connectivity index is 1.31. The molecule has 1 aliphatic heterocycles. The number of rotatable bonds is 7. The molecule has 172 valence electrons. The van der Waals surface area contributed by atoms with E-state index in [0.717, 1.165) is 43.7 Å². The first-order valence-corrected chi connectivity index (χ1v) is 11.6. The number of halogens is 2. The van der Waals surface area contributed by atoms with Gasteiger partial charge in [0.15, 0.2) is 0 Å². The summed E-state index contributed by atoms with van der Waals surface area (Å²) in [6.07, 6.45) is 3.61. The molecule has 0 saturated carbocycles. The minimum atomic E-state index is -0.216. The standard InChI is InChI=1S/C26H28ClFN4O/c1-18(20-5-4-6-22(28)15-20)32-13-11-19(12-14-32)16-29-24-8-3-2-7-23(24)26(33)31-25-10-9-21(27)17-30-25/h2-10,15,17-19,29H,11-14,16H2,1H3,(H,30,31,33). The molecule has 1 unspecified atom stereocenters. The zero-order valence-corrected chi connectivity index (χ0v) is 19.4. The molecule has 1 amide bonds. The summed E-state index contributed by atoms with van der Waals surface area (Å²) in [5, 5.41) is 6.81. The topological polar surface area (TPSA) is 57.3 Å². The molecular weight excluding hydrogens is 439 g/mol. The van der Waals surface area contributed by atoms with Gasteiger partial charge in [0.25, 0.3) is 5.91 Å². The molecule has 2 aromatic carbocycles. The van der Waals surface area contributed by atoms with Crippen LogP contribution in [0.25, 0.3) is 0 Å².